The van der Waals surface area contributed by atoms with Gasteiger partial charge in [-0.3, -0.25) is 4.79 Å². The lowest BCUT2D eigenvalue weighted by Crippen LogP contribution is -2.08. The fraction of sp³-hybridized carbons (Fsp3) is 0.429. The standard InChI is InChI=1S/C14H17N5OS/c1-3-15-10-7-12(19-13(17-10)9-4-5-9)21-14-16-8(2)6-11(20)18-14/h6-7,9H,3-5H2,1-2H3,(H,15,17,19)(H,16,18,20). The molecule has 0 aromatic carbocycles. The third kappa shape index (κ3) is 3.60. The molecule has 21 heavy (non-hydrogen) atoms. The Balaban J connectivity index is 1.91. The van der Waals surface area contributed by atoms with Crippen molar-refractivity contribution >= 4 is 17.6 Å². The molecule has 2 aromatic rings. The molecule has 0 amide bonds. The van der Waals surface area contributed by atoms with Crippen molar-refractivity contribution in [3.8, 4) is 0 Å². The molecule has 1 fully saturated rings. The van der Waals surface area contributed by atoms with Crippen molar-refractivity contribution in [2.75, 3.05) is 11.9 Å². The number of nitrogens with zero attached hydrogens (tertiary/aromatic N) is 3. The molecule has 1 aliphatic carbocycles. The molecule has 0 atom stereocenters. The lowest BCUT2D eigenvalue weighted by molar-refractivity contribution is 0.865. The zero-order valence-corrected chi connectivity index (χ0v) is 12.8. The maximum Gasteiger partial charge on any atom is 0.251 e. The number of hydrogen-bond donors (Lipinski definition) is 2. The molecule has 1 saturated carbocycles. The van der Waals surface area contributed by atoms with Crippen molar-refractivity contribution < 1.29 is 0 Å². The first-order valence-electron chi connectivity index (χ1n) is 7.02. The van der Waals surface area contributed by atoms with Crippen molar-refractivity contribution in [2.45, 2.75) is 42.8 Å². The molecule has 6 nitrogen and oxygen atoms in total. The van der Waals surface area contributed by atoms with Gasteiger partial charge in [0, 0.05) is 30.3 Å². The van der Waals surface area contributed by atoms with Crippen LogP contribution in [0.2, 0.25) is 0 Å². The first-order valence-corrected chi connectivity index (χ1v) is 7.84. The van der Waals surface area contributed by atoms with Gasteiger partial charge in [0.25, 0.3) is 5.56 Å². The molecule has 0 radical (unpaired) electrons. The van der Waals surface area contributed by atoms with Crippen LogP contribution in [0.25, 0.3) is 0 Å². The Labute approximate surface area is 126 Å². The van der Waals surface area contributed by atoms with Gasteiger partial charge in [0.05, 0.1) is 0 Å². The Bertz CT molecular complexity index is 711. The monoisotopic (exact) mass is 303 g/mol. The molecule has 7 heteroatoms. The van der Waals surface area contributed by atoms with E-state index in [0.717, 1.165) is 36.1 Å². The quantitative estimate of drug-likeness (QED) is 0.651. The minimum atomic E-state index is -0.145. The molecule has 0 unspecified atom stereocenters. The van der Waals surface area contributed by atoms with Gasteiger partial charge in [0.2, 0.25) is 0 Å². The minimum absolute atomic E-state index is 0.145. The lowest BCUT2D eigenvalue weighted by Gasteiger charge is -2.08. The van der Waals surface area contributed by atoms with Gasteiger partial charge < -0.3 is 10.3 Å². The summed E-state index contributed by atoms with van der Waals surface area (Å²) in [5, 5.41) is 4.58. The van der Waals surface area contributed by atoms with E-state index in [4.69, 9.17) is 0 Å². The van der Waals surface area contributed by atoms with Gasteiger partial charge in [-0.05, 0) is 38.5 Å². The van der Waals surface area contributed by atoms with Crippen LogP contribution in [0.1, 0.15) is 37.2 Å². The average molecular weight is 303 g/mol. The van der Waals surface area contributed by atoms with Crippen molar-refractivity contribution in [3.63, 3.8) is 0 Å². The summed E-state index contributed by atoms with van der Waals surface area (Å²) in [6.07, 6.45) is 2.30. The van der Waals surface area contributed by atoms with E-state index in [1.54, 1.807) is 6.92 Å². The zero-order chi connectivity index (χ0) is 14.8. The van der Waals surface area contributed by atoms with Gasteiger partial charge in [0.1, 0.15) is 16.7 Å². The van der Waals surface area contributed by atoms with Crippen LogP contribution < -0.4 is 10.9 Å². The Hall–Kier alpha value is -1.89. The van der Waals surface area contributed by atoms with Crippen LogP contribution in [-0.4, -0.2) is 26.5 Å². The molecular weight excluding hydrogens is 286 g/mol. The van der Waals surface area contributed by atoms with E-state index < -0.39 is 0 Å². The van der Waals surface area contributed by atoms with Crippen LogP contribution >= 0.6 is 11.8 Å². The number of aryl methyl sites for hydroxylation is 1. The third-order valence-electron chi connectivity index (χ3n) is 3.07. The fourth-order valence-electron chi connectivity index (χ4n) is 1.99. The fourth-order valence-corrected chi connectivity index (χ4v) is 2.84. The maximum absolute atomic E-state index is 11.5. The van der Waals surface area contributed by atoms with Crippen molar-refractivity contribution in [1.29, 1.82) is 0 Å². The molecule has 1 aliphatic rings. The van der Waals surface area contributed by atoms with Crippen LogP contribution in [0.3, 0.4) is 0 Å². The normalized spacial score (nSPS) is 14.2. The number of anilines is 1. The SMILES string of the molecule is CCNc1cc(Sc2nc(C)cc(=O)[nH]2)nc(C2CC2)n1. The van der Waals surface area contributed by atoms with E-state index in [2.05, 4.69) is 25.3 Å². The van der Waals surface area contributed by atoms with E-state index in [9.17, 15) is 4.79 Å². The molecular formula is C14H17N5OS. The van der Waals surface area contributed by atoms with E-state index in [-0.39, 0.29) is 5.56 Å². The van der Waals surface area contributed by atoms with Gasteiger partial charge in [0.15, 0.2) is 5.16 Å². The van der Waals surface area contributed by atoms with Crippen molar-refractivity contribution in [3.05, 3.63) is 34.0 Å². The second kappa shape index (κ2) is 5.85. The minimum Gasteiger partial charge on any atom is -0.370 e. The lowest BCUT2D eigenvalue weighted by atomic mass is 10.4. The molecule has 0 bridgehead atoms. The van der Waals surface area contributed by atoms with Crippen LogP contribution in [0.5, 0.6) is 0 Å². The predicted octanol–water partition coefficient (Wildman–Crippen LogP) is 2.33. The van der Waals surface area contributed by atoms with Crippen molar-refractivity contribution in [2.24, 2.45) is 0 Å². The van der Waals surface area contributed by atoms with Crippen molar-refractivity contribution in [1.82, 2.24) is 19.9 Å². The van der Waals surface area contributed by atoms with Crippen LogP contribution in [0.15, 0.2) is 27.1 Å². The summed E-state index contributed by atoms with van der Waals surface area (Å²) in [4.78, 5) is 27.7. The van der Waals surface area contributed by atoms with Gasteiger partial charge in [-0.25, -0.2) is 15.0 Å². The smallest absolute Gasteiger partial charge is 0.251 e. The Morgan fingerprint density at radius 3 is 2.81 bits per heavy atom. The molecule has 2 N–H and O–H groups in total. The highest BCUT2D eigenvalue weighted by Crippen LogP contribution is 2.39. The highest BCUT2D eigenvalue weighted by atomic mass is 32.2. The average Bonchev–Trinajstić information content (AvgIpc) is 3.21. The summed E-state index contributed by atoms with van der Waals surface area (Å²) >= 11 is 1.36. The molecule has 0 aliphatic heterocycles. The Morgan fingerprint density at radius 2 is 2.14 bits per heavy atom. The number of nitrogens with one attached hydrogen (secondary N) is 2. The summed E-state index contributed by atoms with van der Waals surface area (Å²) in [6.45, 7) is 4.65. The summed E-state index contributed by atoms with van der Waals surface area (Å²) in [7, 11) is 0. The number of hydrogen-bond acceptors (Lipinski definition) is 6. The number of aromatic amines is 1. The molecule has 2 aromatic heterocycles. The topological polar surface area (TPSA) is 83.6 Å². The zero-order valence-electron chi connectivity index (χ0n) is 12.0. The first-order chi connectivity index (χ1) is 10.1. The predicted molar refractivity (Wildman–Crippen MR) is 81.9 cm³/mol. The summed E-state index contributed by atoms with van der Waals surface area (Å²) in [5.74, 6) is 2.19. The highest BCUT2D eigenvalue weighted by molar-refractivity contribution is 7.99. The Kier molecular flexibility index (Phi) is 3.92. The van der Waals surface area contributed by atoms with E-state index in [1.807, 2.05) is 13.0 Å². The van der Waals surface area contributed by atoms with Gasteiger partial charge in [-0.15, -0.1) is 0 Å². The van der Waals surface area contributed by atoms with E-state index in [1.165, 1.54) is 17.8 Å². The van der Waals surface area contributed by atoms with E-state index in [0.29, 0.717) is 16.8 Å². The van der Waals surface area contributed by atoms with E-state index >= 15 is 0 Å². The van der Waals surface area contributed by atoms with Crippen LogP contribution in [0, 0.1) is 6.92 Å². The first kappa shape index (κ1) is 14.1. The maximum atomic E-state index is 11.5. The van der Waals surface area contributed by atoms with Gasteiger partial charge in [-0.2, -0.15) is 0 Å². The number of aromatic nitrogens is 4. The summed E-state index contributed by atoms with van der Waals surface area (Å²) in [5.41, 5.74) is 0.554. The second-order valence-corrected chi connectivity index (χ2v) is 6.06. The molecule has 2 heterocycles. The third-order valence-corrected chi connectivity index (χ3v) is 3.87. The van der Waals surface area contributed by atoms with Crippen LogP contribution in [-0.2, 0) is 0 Å². The second-order valence-electron chi connectivity index (χ2n) is 5.05. The molecule has 110 valence electrons. The van der Waals surface area contributed by atoms with Crippen LogP contribution in [0.4, 0.5) is 5.82 Å². The number of H-pyrrole nitrogens is 1. The number of rotatable bonds is 5. The highest BCUT2D eigenvalue weighted by Gasteiger charge is 2.27. The van der Waals surface area contributed by atoms with Gasteiger partial charge in [-0.1, -0.05) is 0 Å². The molecule has 0 saturated heterocycles. The van der Waals surface area contributed by atoms with Gasteiger partial charge >= 0.3 is 0 Å². The summed E-state index contributed by atoms with van der Waals surface area (Å²) < 4.78 is 0. The Morgan fingerprint density at radius 1 is 1.33 bits per heavy atom. The molecule has 0 spiro atoms. The molecule has 3 rings (SSSR count). The summed E-state index contributed by atoms with van der Waals surface area (Å²) in [6, 6.07) is 3.37. The largest absolute Gasteiger partial charge is 0.370 e.